The van der Waals surface area contributed by atoms with Crippen LogP contribution in [0.2, 0.25) is 0 Å². The first kappa shape index (κ1) is 21.9. The van der Waals surface area contributed by atoms with E-state index in [4.69, 9.17) is 0 Å². The number of carbonyl (C=O) groups excluding carboxylic acids is 2. The maximum atomic E-state index is 14.0. The third-order valence-corrected chi connectivity index (χ3v) is 6.12. The number of para-hydroxylation sites is 2. The highest BCUT2D eigenvalue weighted by molar-refractivity contribution is 5.88. The van der Waals surface area contributed by atoms with Crippen molar-refractivity contribution in [2.75, 3.05) is 31.1 Å². The van der Waals surface area contributed by atoms with Gasteiger partial charge in [-0.05, 0) is 36.6 Å². The predicted octanol–water partition coefficient (Wildman–Crippen LogP) is 3.48. The molecule has 0 spiro atoms. The number of aromatic amines is 1. The van der Waals surface area contributed by atoms with Gasteiger partial charge in [-0.2, -0.15) is 0 Å². The number of aryl methyl sites for hydroxylation is 1. The minimum Gasteiger partial charge on any atom is -0.366 e. The Labute approximate surface area is 187 Å². The van der Waals surface area contributed by atoms with Gasteiger partial charge in [0.2, 0.25) is 11.8 Å². The average molecular weight is 437 g/mol. The molecule has 1 aliphatic heterocycles. The Morgan fingerprint density at radius 2 is 1.78 bits per heavy atom. The molecule has 0 bridgehead atoms. The summed E-state index contributed by atoms with van der Waals surface area (Å²) in [5.41, 5.74) is 2.72. The molecule has 2 N–H and O–H groups in total. The van der Waals surface area contributed by atoms with Gasteiger partial charge >= 0.3 is 0 Å². The zero-order valence-corrected chi connectivity index (χ0v) is 18.3. The van der Waals surface area contributed by atoms with Crippen LogP contribution in [-0.2, 0) is 16.0 Å². The van der Waals surface area contributed by atoms with Crippen molar-refractivity contribution in [1.29, 1.82) is 0 Å². The summed E-state index contributed by atoms with van der Waals surface area (Å²) in [5, 5.41) is 4.03. The van der Waals surface area contributed by atoms with Crippen molar-refractivity contribution in [3.8, 4) is 0 Å². The number of nitrogens with one attached hydrogen (secondary N) is 2. The highest BCUT2D eigenvalue weighted by Crippen LogP contribution is 2.21. The number of amides is 2. The molecule has 2 aromatic carbocycles. The van der Waals surface area contributed by atoms with E-state index in [0.29, 0.717) is 51.1 Å². The summed E-state index contributed by atoms with van der Waals surface area (Å²) in [6, 6.07) is 14.2. The molecular weight excluding hydrogens is 407 g/mol. The van der Waals surface area contributed by atoms with E-state index in [9.17, 15) is 14.0 Å². The monoisotopic (exact) mass is 436 g/mol. The molecule has 1 atom stereocenters. The van der Waals surface area contributed by atoms with Gasteiger partial charge in [0.1, 0.15) is 11.9 Å². The van der Waals surface area contributed by atoms with E-state index in [1.165, 1.54) is 6.07 Å². The highest BCUT2D eigenvalue weighted by atomic mass is 19.1. The lowest BCUT2D eigenvalue weighted by Crippen LogP contribution is -2.55. The summed E-state index contributed by atoms with van der Waals surface area (Å²) >= 11 is 0. The SMILES string of the molecule is CCC(NC(=O)CCc1c[nH]c2ccccc12)C(=O)N1CCN(c2ccccc2F)CC1. The van der Waals surface area contributed by atoms with Crippen molar-refractivity contribution < 1.29 is 14.0 Å². The zero-order valence-electron chi connectivity index (χ0n) is 18.3. The van der Waals surface area contributed by atoms with E-state index in [1.807, 2.05) is 48.4 Å². The molecule has 7 heteroatoms. The van der Waals surface area contributed by atoms with Crippen LogP contribution in [0.15, 0.2) is 54.7 Å². The van der Waals surface area contributed by atoms with Crippen molar-refractivity contribution in [2.45, 2.75) is 32.2 Å². The maximum absolute atomic E-state index is 14.0. The topological polar surface area (TPSA) is 68.4 Å². The van der Waals surface area contributed by atoms with Crippen molar-refractivity contribution in [1.82, 2.24) is 15.2 Å². The summed E-state index contributed by atoms with van der Waals surface area (Å²) in [6.45, 7) is 4.05. The Kier molecular flexibility index (Phi) is 6.73. The molecule has 1 saturated heterocycles. The van der Waals surface area contributed by atoms with Crippen LogP contribution in [0.5, 0.6) is 0 Å². The van der Waals surface area contributed by atoms with E-state index in [0.717, 1.165) is 16.5 Å². The van der Waals surface area contributed by atoms with Gasteiger partial charge in [0.25, 0.3) is 0 Å². The molecule has 168 valence electrons. The zero-order chi connectivity index (χ0) is 22.5. The van der Waals surface area contributed by atoms with Crippen LogP contribution in [0.1, 0.15) is 25.3 Å². The average Bonchev–Trinajstić information content (AvgIpc) is 3.24. The summed E-state index contributed by atoms with van der Waals surface area (Å²) < 4.78 is 14.0. The standard InChI is InChI=1S/C25H29FN4O2/c1-2-21(28-24(31)12-11-18-17-27-22-9-5-3-7-19(18)22)25(32)30-15-13-29(14-16-30)23-10-6-4-8-20(23)26/h3-10,17,21,27H,2,11-16H2,1H3,(H,28,31). The molecule has 1 fully saturated rings. The third kappa shape index (κ3) is 4.77. The largest absolute Gasteiger partial charge is 0.366 e. The molecular formula is C25H29FN4O2. The maximum Gasteiger partial charge on any atom is 0.245 e. The Bertz CT molecular complexity index is 1090. The van der Waals surface area contributed by atoms with Gasteiger partial charge in [0, 0.05) is 49.7 Å². The number of rotatable bonds is 7. The van der Waals surface area contributed by atoms with Crippen LogP contribution in [0.4, 0.5) is 10.1 Å². The van der Waals surface area contributed by atoms with E-state index in [1.54, 1.807) is 17.0 Å². The minimum atomic E-state index is -0.537. The van der Waals surface area contributed by atoms with Gasteiger partial charge in [0.05, 0.1) is 5.69 Å². The molecule has 1 unspecified atom stereocenters. The molecule has 0 saturated carbocycles. The van der Waals surface area contributed by atoms with E-state index < -0.39 is 6.04 Å². The lowest BCUT2D eigenvalue weighted by Gasteiger charge is -2.37. The number of fused-ring (bicyclic) bond motifs is 1. The van der Waals surface area contributed by atoms with Crippen LogP contribution in [0.25, 0.3) is 10.9 Å². The number of anilines is 1. The van der Waals surface area contributed by atoms with Crippen molar-refractivity contribution >= 4 is 28.4 Å². The van der Waals surface area contributed by atoms with Crippen LogP contribution in [-0.4, -0.2) is 53.9 Å². The number of halogens is 1. The van der Waals surface area contributed by atoms with Crippen LogP contribution in [0.3, 0.4) is 0 Å². The Balaban J connectivity index is 1.29. The van der Waals surface area contributed by atoms with Gasteiger partial charge in [-0.15, -0.1) is 0 Å². The van der Waals surface area contributed by atoms with Crippen molar-refractivity contribution in [3.63, 3.8) is 0 Å². The predicted molar refractivity (Wildman–Crippen MR) is 124 cm³/mol. The van der Waals surface area contributed by atoms with Gasteiger partial charge in [-0.3, -0.25) is 9.59 Å². The first-order valence-electron chi connectivity index (χ1n) is 11.2. The molecule has 0 radical (unpaired) electrons. The van der Waals surface area contributed by atoms with Gasteiger partial charge < -0.3 is 20.1 Å². The van der Waals surface area contributed by atoms with Gasteiger partial charge in [-0.1, -0.05) is 37.3 Å². The van der Waals surface area contributed by atoms with Crippen LogP contribution < -0.4 is 10.2 Å². The number of carbonyl (C=O) groups is 2. The molecule has 1 aliphatic rings. The number of benzene rings is 2. The fourth-order valence-corrected chi connectivity index (χ4v) is 4.29. The van der Waals surface area contributed by atoms with Gasteiger partial charge in [-0.25, -0.2) is 4.39 Å². The fraction of sp³-hybridized carbons (Fsp3) is 0.360. The molecule has 1 aromatic heterocycles. The second kappa shape index (κ2) is 9.85. The van der Waals surface area contributed by atoms with E-state index >= 15 is 0 Å². The van der Waals surface area contributed by atoms with Crippen LogP contribution in [0, 0.1) is 5.82 Å². The van der Waals surface area contributed by atoms with Crippen LogP contribution >= 0.6 is 0 Å². The number of nitrogens with zero attached hydrogens (tertiary/aromatic N) is 2. The normalized spacial score (nSPS) is 15.1. The molecule has 2 amide bonds. The number of hydrogen-bond acceptors (Lipinski definition) is 3. The summed E-state index contributed by atoms with van der Waals surface area (Å²) in [4.78, 5) is 32.5. The molecule has 32 heavy (non-hydrogen) atoms. The first-order valence-corrected chi connectivity index (χ1v) is 11.2. The van der Waals surface area contributed by atoms with E-state index in [-0.39, 0.29) is 17.6 Å². The first-order chi connectivity index (χ1) is 15.6. The number of hydrogen-bond donors (Lipinski definition) is 2. The fourth-order valence-electron chi connectivity index (χ4n) is 4.29. The number of piperazine rings is 1. The minimum absolute atomic E-state index is 0.0684. The molecule has 3 aromatic rings. The quantitative estimate of drug-likeness (QED) is 0.596. The third-order valence-electron chi connectivity index (χ3n) is 6.12. The number of aromatic nitrogens is 1. The summed E-state index contributed by atoms with van der Waals surface area (Å²) in [6.07, 6.45) is 3.41. The lowest BCUT2D eigenvalue weighted by atomic mass is 10.1. The smallest absolute Gasteiger partial charge is 0.245 e. The van der Waals surface area contributed by atoms with Crippen molar-refractivity contribution in [2.24, 2.45) is 0 Å². The molecule has 0 aliphatic carbocycles. The summed E-state index contributed by atoms with van der Waals surface area (Å²) in [5.74, 6) is -0.442. The van der Waals surface area contributed by atoms with Crippen molar-refractivity contribution in [3.05, 3.63) is 66.1 Å². The molecule has 6 nitrogen and oxygen atoms in total. The Morgan fingerprint density at radius 3 is 2.53 bits per heavy atom. The Morgan fingerprint density at radius 1 is 1.06 bits per heavy atom. The van der Waals surface area contributed by atoms with E-state index in [2.05, 4.69) is 10.3 Å². The second-order valence-corrected chi connectivity index (χ2v) is 8.15. The number of H-pyrrole nitrogens is 1. The Hall–Kier alpha value is -3.35. The highest BCUT2D eigenvalue weighted by Gasteiger charge is 2.28. The summed E-state index contributed by atoms with van der Waals surface area (Å²) in [7, 11) is 0. The lowest BCUT2D eigenvalue weighted by molar-refractivity contribution is -0.136. The molecule has 2 heterocycles. The second-order valence-electron chi connectivity index (χ2n) is 8.15. The van der Waals surface area contributed by atoms with Gasteiger partial charge in [0.15, 0.2) is 0 Å². The molecule has 4 rings (SSSR count).